The van der Waals surface area contributed by atoms with E-state index in [1.54, 1.807) is 0 Å². The summed E-state index contributed by atoms with van der Waals surface area (Å²) in [4.78, 5) is 10.4. The second-order valence-corrected chi connectivity index (χ2v) is 6.69. The first-order valence-corrected chi connectivity index (χ1v) is 7.76. The number of nitrogens with one attached hydrogen (secondary N) is 1. The van der Waals surface area contributed by atoms with Crippen molar-refractivity contribution in [2.24, 2.45) is 0 Å². The van der Waals surface area contributed by atoms with Gasteiger partial charge in [-0.05, 0) is 19.9 Å². The second kappa shape index (κ2) is 5.47. The Bertz CT molecular complexity index is 630. The quantitative estimate of drug-likeness (QED) is 0.661. The highest BCUT2D eigenvalue weighted by atomic mass is 32.2. The van der Waals surface area contributed by atoms with Gasteiger partial charge < -0.3 is 5.32 Å². The van der Waals surface area contributed by atoms with Crippen LogP contribution in [0.1, 0.15) is 12.5 Å². The predicted octanol–water partition coefficient (Wildman–Crippen LogP) is 0.886. The van der Waals surface area contributed by atoms with Crippen LogP contribution in [-0.2, 0) is 10.0 Å². The molecule has 0 aliphatic carbocycles. The van der Waals surface area contributed by atoms with E-state index in [1.165, 1.54) is 29.4 Å². The van der Waals surface area contributed by atoms with Crippen molar-refractivity contribution in [3.8, 4) is 0 Å². The van der Waals surface area contributed by atoms with Gasteiger partial charge in [0, 0.05) is 37.3 Å². The van der Waals surface area contributed by atoms with Crippen LogP contribution in [0.5, 0.6) is 0 Å². The fourth-order valence-corrected chi connectivity index (χ4v) is 4.26. The van der Waals surface area contributed by atoms with Crippen molar-refractivity contribution in [1.82, 2.24) is 9.62 Å². The lowest BCUT2D eigenvalue weighted by Crippen LogP contribution is -2.52. The molecule has 20 heavy (non-hydrogen) atoms. The molecule has 0 aromatic heterocycles. The minimum absolute atomic E-state index is 0.0143. The number of benzene rings is 1. The van der Waals surface area contributed by atoms with Gasteiger partial charge in [0.2, 0.25) is 10.0 Å². The molecule has 1 fully saturated rings. The Kier molecular flexibility index (Phi) is 4.07. The van der Waals surface area contributed by atoms with E-state index in [1.807, 2.05) is 6.92 Å². The number of nitro benzene ring substituents is 1. The molecular formula is C12H17N3O4S. The number of nitro groups is 1. The average Bonchev–Trinajstić information content (AvgIpc) is 2.38. The lowest BCUT2D eigenvalue weighted by Gasteiger charge is -2.33. The van der Waals surface area contributed by atoms with Crippen molar-refractivity contribution >= 4 is 15.7 Å². The number of hydrogen-bond acceptors (Lipinski definition) is 5. The van der Waals surface area contributed by atoms with Crippen molar-refractivity contribution in [1.29, 1.82) is 0 Å². The molecule has 0 radical (unpaired) electrons. The molecule has 1 aliphatic rings. The van der Waals surface area contributed by atoms with Crippen LogP contribution < -0.4 is 5.32 Å². The molecule has 1 saturated heterocycles. The zero-order valence-corrected chi connectivity index (χ0v) is 12.2. The van der Waals surface area contributed by atoms with Crippen LogP contribution in [-0.4, -0.2) is 43.3 Å². The third kappa shape index (κ3) is 2.54. The van der Waals surface area contributed by atoms with E-state index in [-0.39, 0.29) is 22.2 Å². The number of rotatable bonds is 3. The highest BCUT2D eigenvalue weighted by Gasteiger charge is 2.33. The zero-order valence-electron chi connectivity index (χ0n) is 11.4. The Hall–Kier alpha value is -1.51. The monoisotopic (exact) mass is 299 g/mol. The predicted molar refractivity (Wildman–Crippen MR) is 74.1 cm³/mol. The molecule has 0 amide bonds. The minimum atomic E-state index is -3.71. The third-order valence-electron chi connectivity index (χ3n) is 3.48. The SMILES string of the molecule is Cc1c([N+](=O)[O-])cccc1S(=O)(=O)N1CCNC[C@H]1C. The fraction of sp³-hybridized carbons (Fsp3) is 0.500. The van der Waals surface area contributed by atoms with Crippen LogP contribution >= 0.6 is 0 Å². The molecule has 0 saturated carbocycles. The van der Waals surface area contributed by atoms with Gasteiger partial charge in [0.25, 0.3) is 5.69 Å². The first kappa shape index (κ1) is 14.9. The maximum atomic E-state index is 12.7. The van der Waals surface area contributed by atoms with Gasteiger partial charge in [-0.25, -0.2) is 8.42 Å². The van der Waals surface area contributed by atoms with Crippen LogP contribution in [0.15, 0.2) is 23.1 Å². The Morgan fingerprint density at radius 2 is 2.15 bits per heavy atom. The lowest BCUT2D eigenvalue weighted by molar-refractivity contribution is -0.385. The molecule has 2 rings (SSSR count). The van der Waals surface area contributed by atoms with E-state index < -0.39 is 14.9 Å². The Morgan fingerprint density at radius 1 is 1.45 bits per heavy atom. The van der Waals surface area contributed by atoms with E-state index in [9.17, 15) is 18.5 Å². The summed E-state index contributed by atoms with van der Waals surface area (Å²) in [6.45, 7) is 4.81. The summed E-state index contributed by atoms with van der Waals surface area (Å²) in [7, 11) is -3.71. The van der Waals surface area contributed by atoms with Gasteiger partial charge in [0.1, 0.15) is 0 Å². The van der Waals surface area contributed by atoms with Gasteiger partial charge >= 0.3 is 0 Å². The van der Waals surface area contributed by atoms with E-state index in [0.29, 0.717) is 19.6 Å². The maximum absolute atomic E-state index is 12.7. The molecule has 1 aliphatic heterocycles. The molecule has 7 nitrogen and oxygen atoms in total. The van der Waals surface area contributed by atoms with Crippen LogP contribution in [0.3, 0.4) is 0 Å². The third-order valence-corrected chi connectivity index (χ3v) is 5.64. The molecule has 0 spiro atoms. The van der Waals surface area contributed by atoms with Gasteiger partial charge in [0.15, 0.2) is 0 Å². The first-order valence-electron chi connectivity index (χ1n) is 6.32. The number of hydrogen-bond donors (Lipinski definition) is 1. The lowest BCUT2D eigenvalue weighted by atomic mass is 10.2. The highest BCUT2D eigenvalue weighted by Crippen LogP contribution is 2.28. The fourth-order valence-electron chi connectivity index (χ4n) is 2.39. The molecule has 0 bridgehead atoms. The average molecular weight is 299 g/mol. The van der Waals surface area contributed by atoms with E-state index in [0.717, 1.165) is 0 Å². The summed E-state index contributed by atoms with van der Waals surface area (Å²) in [6.07, 6.45) is 0. The maximum Gasteiger partial charge on any atom is 0.273 e. The summed E-state index contributed by atoms with van der Waals surface area (Å²) in [6, 6.07) is 3.97. The van der Waals surface area contributed by atoms with Gasteiger partial charge in [-0.3, -0.25) is 10.1 Å². The van der Waals surface area contributed by atoms with Crippen molar-refractivity contribution in [2.45, 2.75) is 24.8 Å². The summed E-state index contributed by atoms with van der Waals surface area (Å²) in [5.74, 6) is 0. The first-order chi connectivity index (χ1) is 9.35. The van der Waals surface area contributed by atoms with Crippen LogP contribution in [0.4, 0.5) is 5.69 Å². The summed E-state index contributed by atoms with van der Waals surface area (Å²) in [5, 5.41) is 14.0. The largest absolute Gasteiger partial charge is 0.314 e. The van der Waals surface area contributed by atoms with Gasteiger partial charge in [0.05, 0.1) is 9.82 Å². The van der Waals surface area contributed by atoms with Crippen LogP contribution in [0.25, 0.3) is 0 Å². The summed E-state index contributed by atoms with van der Waals surface area (Å²) in [5.41, 5.74) is 0.0112. The van der Waals surface area contributed by atoms with Crippen molar-refractivity contribution in [2.75, 3.05) is 19.6 Å². The Labute approximate surface area is 117 Å². The number of sulfonamides is 1. The van der Waals surface area contributed by atoms with E-state index in [2.05, 4.69) is 5.32 Å². The molecule has 1 heterocycles. The number of piperazine rings is 1. The second-order valence-electron chi connectivity index (χ2n) is 4.83. The molecule has 0 unspecified atom stereocenters. The molecule has 1 aromatic carbocycles. The Morgan fingerprint density at radius 3 is 2.75 bits per heavy atom. The molecule has 8 heteroatoms. The molecule has 1 atom stereocenters. The van der Waals surface area contributed by atoms with Crippen LogP contribution in [0, 0.1) is 17.0 Å². The van der Waals surface area contributed by atoms with Gasteiger partial charge in [-0.1, -0.05) is 6.07 Å². The zero-order chi connectivity index (χ0) is 14.9. The van der Waals surface area contributed by atoms with Crippen molar-refractivity contribution in [3.63, 3.8) is 0 Å². The van der Waals surface area contributed by atoms with E-state index in [4.69, 9.17) is 0 Å². The molecule has 110 valence electrons. The number of nitrogens with zero attached hydrogens (tertiary/aromatic N) is 2. The molecular weight excluding hydrogens is 282 g/mol. The smallest absolute Gasteiger partial charge is 0.273 e. The van der Waals surface area contributed by atoms with Crippen molar-refractivity contribution < 1.29 is 13.3 Å². The topological polar surface area (TPSA) is 92.5 Å². The standard InChI is InChI=1S/C12H17N3O4S/c1-9-8-13-6-7-14(9)20(18,19)12-5-3-4-11(10(12)2)15(16)17/h3-5,9,13H,6-8H2,1-2H3/t9-/m1/s1. The van der Waals surface area contributed by atoms with E-state index >= 15 is 0 Å². The normalized spacial score (nSPS) is 20.8. The molecule has 1 N–H and O–H groups in total. The summed E-state index contributed by atoms with van der Waals surface area (Å²) >= 11 is 0. The summed E-state index contributed by atoms with van der Waals surface area (Å²) < 4.78 is 26.7. The Balaban J connectivity index is 2.49. The minimum Gasteiger partial charge on any atom is -0.314 e. The van der Waals surface area contributed by atoms with Gasteiger partial charge in [-0.15, -0.1) is 0 Å². The molecule has 1 aromatic rings. The van der Waals surface area contributed by atoms with Gasteiger partial charge in [-0.2, -0.15) is 4.31 Å². The van der Waals surface area contributed by atoms with Crippen LogP contribution in [0.2, 0.25) is 0 Å². The van der Waals surface area contributed by atoms with Crippen molar-refractivity contribution in [3.05, 3.63) is 33.9 Å². The highest BCUT2D eigenvalue weighted by molar-refractivity contribution is 7.89.